The quantitative estimate of drug-likeness (QED) is 0.771. The summed E-state index contributed by atoms with van der Waals surface area (Å²) >= 11 is 0. The highest BCUT2D eigenvalue weighted by Crippen LogP contribution is 2.13. The lowest BCUT2D eigenvalue weighted by Gasteiger charge is -2.23. The van der Waals surface area contributed by atoms with Gasteiger partial charge < -0.3 is 14.8 Å². The molecule has 0 heterocycles. The van der Waals surface area contributed by atoms with E-state index in [0.29, 0.717) is 5.56 Å². The lowest BCUT2D eigenvalue weighted by atomic mass is 10.2. The van der Waals surface area contributed by atoms with Crippen LogP contribution in [0.1, 0.15) is 12.5 Å². The van der Waals surface area contributed by atoms with E-state index < -0.39 is 0 Å². The van der Waals surface area contributed by atoms with Gasteiger partial charge in [-0.25, -0.2) is 0 Å². The summed E-state index contributed by atoms with van der Waals surface area (Å²) in [5.74, 6) is 0. The Bertz CT molecular complexity index is 370. The third-order valence-electron chi connectivity index (χ3n) is 2.26. The number of nitrogens with zero attached hydrogens (tertiary/aromatic N) is 1. The first-order chi connectivity index (χ1) is 7.71. The number of hydrogen-bond acceptors (Lipinski definition) is 4. The predicted octanol–water partition coefficient (Wildman–Crippen LogP) is 1.98. The zero-order chi connectivity index (χ0) is 12.0. The maximum Gasteiger partial charge on any atom is 0.176 e. The molecule has 0 radical (unpaired) electrons. The SMILES string of the molecule is COC(OC)C(C)Nc1cccc(C#N)c1. The van der Waals surface area contributed by atoms with Gasteiger partial charge in [-0.2, -0.15) is 5.26 Å². The Morgan fingerprint density at radius 3 is 2.56 bits per heavy atom. The second kappa shape index (κ2) is 6.11. The second-order valence-electron chi connectivity index (χ2n) is 3.47. The van der Waals surface area contributed by atoms with Crippen molar-refractivity contribution in [2.75, 3.05) is 19.5 Å². The van der Waals surface area contributed by atoms with Gasteiger partial charge in [-0.05, 0) is 25.1 Å². The molecule has 16 heavy (non-hydrogen) atoms. The Hall–Kier alpha value is -1.57. The van der Waals surface area contributed by atoms with Gasteiger partial charge in [-0.1, -0.05) is 6.07 Å². The van der Waals surface area contributed by atoms with Crippen LogP contribution in [0.25, 0.3) is 0 Å². The number of nitriles is 1. The topological polar surface area (TPSA) is 54.3 Å². The van der Waals surface area contributed by atoms with Crippen molar-refractivity contribution < 1.29 is 9.47 Å². The van der Waals surface area contributed by atoms with Crippen LogP contribution < -0.4 is 5.32 Å². The first-order valence-corrected chi connectivity index (χ1v) is 5.03. The molecular formula is C12H16N2O2. The Balaban J connectivity index is 2.69. The van der Waals surface area contributed by atoms with Gasteiger partial charge in [0.05, 0.1) is 17.7 Å². The van der Waals surface area contributed by atoms with Crippen LogP contribution in [-0.4, -0.2) is 26.6 Å². The van der Waals surface area contributed by atoms with Gasteiger partial charge in [-0.3, -0.25) is 0 Å². The number of nitrogens with one attached hydrogen (secondary N) is 1. The van der Waals surface area contributed by atoms with Gasteiger partial charge in [0.1, 0.15) is 0 Å². The first-order valence-electron chi connectivity index (χ1n) is 5.03. The van der Waals surface area contributed by atoms with Crippen molar-refractivity contribution in [3.8, 4) is 6.07 Å². The fourth-order valence-electron chi connectivity index (χ4n) is 1.51. The van der Waals surface area contributed by atoms with E-state index in [-0.39, 0.29) is 12.3 Å². The molecule has 0 spiro atoms. The molecule has 1 unspecified atom stereocenters. The van der Waals surface area contributed by atoms with E-state index in [4.69, 9.17) is 14.7 Å². The minimum Gasteiger partial charge on any atom is -0.377 e. The van der Waals surface area contributed by atoms with Gasteiger partial charge in [0.25, 0.3) is 0 Å². The van der Waals surface area contributed by atoms with Crippen LogP contribution in [0.5, 0.6) is 0 Å². The highest BCUT2D eigenvalue weighted by Gasteiger charge is 2.15. The average molecular weight is 220 g/mol. The summed E-state index contributed by atoms with van der Waals surface area (Å²) < 4.78 is 10.3. The van der Waals surface area contributed by atoms with Gasteiger partial charge in [0, 0.05) is 19.9 Å². The van der Waals surface area contributed by atoms with Crippen LogP contribution in [0, 0.1) is 11.3 Å². The Kier molecular flexibility index (Phi) is 4.77. The molecule has 86 valence electrons. The molecule has 1 aromatic carbocycles. The number of rotatable bonds is 5. The van der Waals surface area contributed by atoms with Crippen molar-refractivity contribution in [2.24, 2.45) is 0 Å². The molecule has 0 aliphatic heterocycles. The molecule has 1 rings (SSSR count). The summed E-state index contributed by atoms with van der Waals surface area (Å²) in [6, 6.07) is 9.39. The standard InChI is InChI=1S/C12H16N2O2/c1-9(12(15-2)16-3)14-11-6-4-5-10(7-11)8-13/h4-7,9,12,14H,1-3H3. The number of hydrogen-bond donors (Lipinski definition) is 1. The number of methoxy groups -OCH3 is 2. The largest absolute Gasteiger partial charge is 0.377 e. The Morgan fingerprint density at radius 1 is 1.31 bits per heavy atom. The molecular weight excluding hydrogens is 204 g/mol. The molecule has 0 saturated heterocycles. The van der Waals surface area contributed by atoms with Gasteiger partial charge >= 0.3 is 0 Å². The second-order valence-corrected chi connectivity index (χ2v) is 3.47. The third-order valence-corrected chi connectivity index (χ3v) is 2.26. The highest BCUT2D eigenvalue weighted by atomic mass is 16.7. The fourth-order valence-corrected chi connectivity index (χ4v) is 1.51. The predicted molar refractivity (Wildman–Crippen MR) is 62.0 cm³/mol. The van der Waals surface area contributed by atoms with E-state index in [1.165, 1.54) is 0 Å². The summed E-state index contributed by atoms with van der Waals surface area (Å²) in [5, 5.41) is 12.0. The smallest absolute Gasteiger partial charge is 0.176 e. The fraction of sp³-hybridized carbons (Fsp3) is 0.417. The molecule has 0 aliphatic carbocycles. The summed E-state index contributed by atoms with van der Waals surface area (Å²) in [4.78, 5) is 0. The van der Waals surface area contributed by atoms with Crippen molar-refractivity contribution in [1.29, 1.82) is 5.26 Å². The van der Waals surface area contributed by atoms with Crippen LogP contribution in [0.4, 0.5) is 5.69 Å². The van der Waals surface area contributed by atoms with Crippen molar-refractivity contribution in [1.82, 2.24) is 0 Å². The van der Waals surface area contributed by atoms with Crippen LogP contribution >= 0.6 is 0 Å². The third kappa shape index (κ3) is 3.23. The minimum atomic E-state index is -0.314. The van der Waals surface area contributed by atoms with Crippen LogP contribution in [0.3, 0.4) is 0 Å². The van der Waals surface area contributed by atoms with Gasteiger partial charge in [-0.15, -0.1) is 0 Å². The first kappa shape index (κ1) is 12.5. The van der Waals surface area contributed by atoms with Crippen LogP contribution in [-0.2, 0) is 9.47 Å². The van der Waals surface area contributed by atoms with Gasteiger partial charge in [0.2, 0.25) is 0 Å². The lowest BCUT2D eigenvalue weighted by Crippen LogP contribution is -2.33. The maximum atomic E-state index is 8.77. The van der Waals surface area contributed by atoms with Crippen LogP contribution in [0.15, 0.2) is 24.3 Å². The molecule has 0 bridgehead atoms. The zero-order valence-electron chi connectivity index (χ0n) is 9.73. The molecule has 0 aromatic heterocycles. The van der Waals surface area contributed by atoms with Crippen LogP contribution in [0.2, 0.25) is 0 Å². The molecule has 4 heteroatoms. The van der Waals surface area contributed by atoms with Crippen molar-refractivity contribution in [3.05, 3.63) is 29.8 Å². The molecule has 1 N–H and O–H groups in total. The van der Waals surface area contributed by atoms with E-state index in [1.54, 1.807) is 26.4 Å². The Labute approximate surface area is 95.8 Å². The number of ether oxygens (including phenoxy) is 2. The summed E-state index contributed by atoms with van der Waals surface area (Å²) in [5.41, 5.74) is 1.51. The highest BCUT2D eigenvalue weighted by molar-refractivity contribution is 5.49. The van der Waals surface area contributed by atoms with E-state index in [9.17, 15) is 0 Å². The normalized spacial score (nSPS) is 12.2. The van der Waals surface area contributed by atoms with E-state index in [2.05, 4.69) is 11.4 Å². The van der Waals surface area contributed by atoms with Crippen molar-refractivity contribution >= 4 is 5.69 Å². The van der Waals surface area contributed by atoms with E-state index >= 15 is 0 Å². The summed E-state index contributed by atoms with van der Waals surface area (Å²) in [6.07, 6.45) is -0.314. The minimum absolute atomic E-state index is 0.00365. The van der Waals surface area contributed by atoms with E-state index in [1.807, 2.05) is 19.1 Å². The number of anilines is 1. The summed E-state index contributed by atoms with van der Waals surface area (Å²) in [6.45, 7) is 1.96. The summed E-state index contributed by atoms with van der Waals surface area (Å²) in [7, 11) is 3.19. The van der Waals surface area contributed by atoms with Gasteiger partial charge in [0.15, 0.2) is 6.29 Å². The van der Waals surface area contributed by atoms with E-state index in [0.717, 1.165) is 5.69 Å². The zero-order valence-corrected chi connectivity index (χ0v) is 9.73. The molecule has 1 atom stereocenters. The monoisotopic (exact) mass is 220 g/mol. The molecule has 0 aliphatic rings. The van der Waals surface area contributed by atoms with Crippen molar-refractivity contribution in [2.45, 2.75) is 19.3 Å². The molecule has 0 fully saturated rings. The molecule has 4 nitrogen and oxygen atoms in total. The number of benzene rings is 1. The average Bonchev–Trinajstić information content (AvgIpc) is 2.31. The molecule has 1 aromatic rings. The maximum absolute atomic E-state index is 8.77. The Morgan fingerprint density at radius 2 is 2.00 bits per heavy atom. The molecule has 0 saturated carbocycles. The lowest BCUT2D eigenvalue weighted by molar-refractivity contribution is -0.109. The molecule has 0 amide bonds. The van der Waals surface area contributed by atoms with Crippen molar-refractivity contribution in [3.63, 3.8) is 0 Å².